The second-order valence-electron chi connectivity index (χ2n) is 5.46. The first-order valence-electron chi connectivity index (χ1n) is 7.10. The number of pyridine rings is 1. The van der Waals surface area contributed by atoms with Crippen molar-refractivity contribution in [3.63, 3.8) is 0 Å². The highest BCUT2D eigenvalue weighted by Crippen LogP contribution is 2.33. The molecule has 0 amide bonds. The third-order valence-corrected chi connectivity index (χ3v) is 4.66. The topological polar surface area (TPSA) is 83.3 Å². The first-order chi connectivity index (χ1) is 11.1. The second kappa shape index (κ2) is 5.00. The smallest absolute Gasteiger partial charge is 0.187 e. The minimum absolute atomic E-state index is 0.377. The van der Waals surface area contributed by atoms with Gasteiger partial charge in [0.05, 0.1) is 15.9 Å². The number of aromatic amines is 1. The highest BCUT2D eigenvalue weighted by atomic mass is 32.2. The number of H-pyrrole nitrogens is 1. The van der Waals surface area contributed by atoms with Gasteiger partial charge in [-0.3, -0.25) is 4.40 Å². The molecule has 4 rings (SSSR count). The van der Waals surface area contributed by atoms with Crippen molar-refractivity contribution in [1.82, 2.24) is 19.6 Å². The van der Waals surface area contributed by atoms with Crippen LogP contribution in [0.1, 0.15) is 11.5 Å². The number of nitrogens with one attached hydrogen (secondary N) is 1. The van der Waals surface area contributed by atoms with Crippen LogP contribution >= 0.6 is 0 Å². The van der Waals surface area contributed by atoms with Gasteiger partial charge in [-0.15, -0.1) is 10.2 Å². The molecular formula is C16H14N4O2S. The summed E-state index contributed by atoms with van der Waals surface area (Å²) in [4.78, 5) is 3.72. The standard InChI is InChI=1S/C16H14N4O2S/c1-9-7-13-16(17-9)12(8-15-19-18-10(2)20(13)15)11-5-3-4-6-14(11)23(21)22/h3-8,17H,1-2H3,(H,21,22). The number of aryl methyl sites for hydroxylation is 2. The summed E-state index contributed by atoms with van der Waals surface area (Å²) < 4.78 is 23.2. The molecule has 116 valence electrons. The molecule has 4 aromatic rings. The summed E-state index contributed by atoms with van der Waals surface area (Å²) >= 11 is -2.06. The van der Waals surface area contributed by atoms with E-state index in [4.69, 9.17) is 0 Å². The van der Waals surface area contributed by atoms with E-state index in [2.05, 4.69) is 15.2 Å². The number of nitrogens with zero attached hydrogens (tertiary/aromatic N) is 3. The molecule has 0 aliphatic rings. The van der Waals surface area contributed by atoms with Crippen molar-refractivity contribution in [1.29, 1.82) is 0 Å². The van der Waals surface area contributed by atoms with Crippen LogP contribution in [-0.2, 0) is 11.1 Å². The van der Waals surface area contributed by atoms with Crippen LogP contribution in [0.5, 0.6) is 0 Å². The number of aromatic nitrogens is 4. The molecule has 2 N–H and O–H groups in total. The lowest BCUT2D eigenvalue weighted by Gasteiger charge is -2.09. The van der Waals surface area contributed by atoms with Crippen LogP contribution in [-0.4, -0.2) is 28.3 Å². The van der Waals surface area contributed by atoms with Crippen LogP contribution in [0, 0.1) is 13.8 Å². The average molecular weight is 326 g/mol. The molecular weight excluding hydrogens is 312 g/mol. The first kappa shape index (κ1) is 14.1. The van der Waals surface area contributed by atoms with E-state index in [1.165, 1.54) is 0 Å². The highest BCUT2D eigenvalue weighted by molar-refractivity contribution is 7.79. The van der Waals surface area contributed by atoms with Crippen LogP contribution in [0.15, 0.2) is 41.3 Å². The Kier molecular flexibility index (Phi) is 3.07. The van der Waals surface area contributed by atoms with E-state index >= 15 is 0 Å². The van der Waals surface area contributed by atoms with E-state index < -0.39 is 11.1 Å². The summed E-state index contributed by atoms with van der Waals surface area (Å²) in [6.07, 6.45) is 0. The summed E-state index contributed by atoms with van der Waals surface area (Å²) in [5, 5.41) is 8.34. The van der Waals surface area contributed by atoms with Gasteiger partial charge >= 0.3 is 0 Å². The van der Waals surface area contributed by atoms with Gasteiger partial charge < -0.3 is 9.54 Å². The number of hydrogen-bond acceptors (Lipinski definition) is 3. The predicted molar refractivity (Wildman–Crippen MR) is 88.8 cm³/mol. The first-order valence-corrected chi connectivity index (χ1v) is 8.21. The summed E-state index contributed by atoms with van der Waals surface area (Å²) in [5.41, 5.74) is 5.12. The van der Waals surface area contributed by atoms with Gasteiger partial charge in [-0.05, 0) is 32.0 Å². The van der Waals surface area contributed by atoms with Gasteiger partial charge in [0, 0.05) is 16.8 Å². The van der Waals surface area contributed by atoms with Crippen molar-refractivity contribution in [2.75, 3.05) is 0 Å². The van der Waals surface area contributed by atoms with Gasteiger partial charge in [0.15, 0.2) is 16.7 Å². The number of benzene rings is 1. The van der Waals surface area contributed by atoms with Crippen LogP contribution in [0.2, 0.25) is 0 Å². The Bertz CT molecular complexity index is 1080. The molecule has 0 aliphatic carbocycles. The van der Waals surface area contributed by atoms with Gasteiger partial charge in [-0.2, -0.15) is 0 Å². The van der Waals surface area contributed by atoms with Gasteiger partial charge in [0.1, 0.15) is 5.82 Å². The molecule has 1 unspecified atom stereocenters. The maximum absolute atomic E-state index is 11.7. The molecule has 0 fully saturated rings. The Morgan fingerprint density at radius 3 is 2.70 bits per heavy atom. The fraction of sp³-hybridized carbons (Fsp3) is 0.125. The monoisotopic (exact) mass is 326 g/mol. The van der Waals surface area contributed by atoms with Crippen molar-refractivity contribution >= 4 is 27.8 Å². The minimum Gasteiger partial charge on any atom is -0.357 e. The Labute approximate surface area is 134 Å². The zero-order valence-electron chi connectivity index (χ0n) is 12.6. The van der Waals surface area contributed by atoms with Crippen molar-refractivity contribution < 1.29 is 8.76 Å². The maximum Gasteiger partial charge on any atom is 0.187 e. The quantitative estimate of drug-likeness (QED) is 0.555. The van der Waals surface area contributed by atoms with Gasteiger partial charge in [0.25, 0.3) is 0 Å². The lowest BCUT2D eigenvalue weighted by molar-refractivity contribution is 0.564. The normalized spacial score (nSPS) is 13.0. The molecule has 23 heavy (non-hydrogen) atoms. The molecule has 7 heteroatoms. The van der Waals surface area contributed by atoms with E-state index in [0.717, 1.165) is 28.1 Å². The molecule has 0 aliphatic heterocycles. The Balaban J connectivity index is 2.17. The van der Waals surface area contributed by atoms with Crippen molar-refractivity contribution in [3.05, 3.63) is 47.9 Å². The van der Waals surface area contributed by atoms with Crippen molar-refractivity contribution in [2.45, 2.75) is 18.7 Å². The maximum atomic E-state index is 11.7. The van der Waals surface area contributed by atoms with E-state index in [9.17, 15) is 8.76 Å². The lowest BCUT2D eigenvalue weighted by Crippen LogP contribution is -1.96. The fourth-order valence-electron chi connectivity index (χ4n) is 2.98. The molecule has 1 aromatic carbocycles. The summed E-state index contributed by atoms with van der Waals surface area (Å²) in [6, 6.07) is 11.0. The summed E-state index contributed by atoms with van der Waals surface area (Å²) in [5.74, 6) is 0.801. The molecule has 1 atom stereocenters. The Morgan fingerprint density at radius 2 is 1.91 bits per heavy atom. The van der Waals surface area contributed by atoms with Crippen LogP contribution in [0.4, 0.5) is 0 Å². The summed E-state index contributed by atoms with van der Waals surface area (Å²) in [6.45, 7) is 3.88. The predicted octanol–water partition coefficient (Wildman–Crippen LogP) is 3.08. The summed E-state index contributed by atoms with van der Waals surface area (Å²) in [7, 11) is 0. The molecule has 0 saturated carbocycles. The molecule has 6 nitrogen and oxygen atoms in total. The Hall–Kier alpha value is -2.51. The van der Waals surface area contributed by atoms with Crippen molar-refractivity contribution in [3.8, 4) is 11.1 Å². The Morgan fingerprint density at radius 1 is 1.13 bits per heavy atom. The zero-order valence-corrected chi connectivity index (χ0v) is 13.4. The fourth-order valence-corrected chi connectivity index (χ4v) is 3.54. The largest absolute Gasteiger partial charge is 0.357 e. The van der Waals surface area contributed by atoms with Crippen LogP contribution in [0.25, 0.3) is 27.8 Å². The van der Waals surface area contributed by atoms with Crippen molar-refractivity contribution in [2.24, 2.45) is 0 Å². The SMILES string of the molecule is Cc1cc2c([nH]1)c(-c1ccccc1S(=O)O)cc1nnc(C)n12. The average Bonchev–Trinajstić information content (AvgIpc) is 3.08. The molecule has 3 aromatic heterocycles. The number of rotatable bonds is 2. The van der Waals surface area contributed by atoms with E-state index in [0.29, 0.717) is 16.1 Å². The molecule has 3 heterocycles. The highest BCUT2D eigenvalue weighted by Gasteiger charge is 2.17. The van der Waals surface area contributed by atoms with E-state index in [1.54, 1.807) is 12.1 Å². The van der Waals surface area contributed by atoms with Crippen LogP contribution < -0.4 is 0 Å². The van der Waals surface area contributed by atoms with E-state index in [-0.39, 0.29) is 0 Å². The zero-order chi connectivity index (χ0) is 16.1. The van der Waals surface area contributed by atoms with Crippen LogP contribution in [0.3, 0.4) is 0 Å². The third kappa shape index (κ3) is 2.08. The molecule has 0 saturated heterocycles. The number of fused-ring (bicyclic) bond motifs is 3. The molecule has 0 radical (unpaired) electrons. The number of hydrogen-bond donors (Lipinski definition) is 2. The third-order valence-electron chi connectivity index (χ3n) is 3.93. The molecule has 0 spiro atoms. The van der Waals surface area contributed by atoms with Gasteiger partial charge in [-0.25, -0.2) is 4.21 Å². The van der Waals surface area contributed by atoms with Gasteiger partial charge in [0.2, 0.25) is 0 Å². The van der Waals surface area contributed by atoms with Gasteiger partial charge in [-0.1, -0.05) is 18.2 Å². The minimum atomic E-state index is -2.06. The molecule has 0 bridgehead atoms. The second-order valence-corrected chi connectivity index (χ2v) is 6.39. The van der Waals surface area contributed by atoms with E-state index in [1.807, 2.05) is 42.5 Å². The lowest BCUT2D eigenvalue weighted by atomic mass is 10.1.